The van der Waals surface area contributed by atoms with Crippen LogP contribution in [0.3, 0.4) is 0 Å². The number of aliphatic hydroxyl groups excluding tert-OH is 1. The molecule has 1 saturated heterocycles. The minimum absolute atomic E-state index is 0.112. The molecule has 2 aliphatic rings. The lowest BCUT2D eigenvalue weighted by atomic mass is 9.74. The lowest BCUT2D eigenvalue weighted by molar-refractivity contribution is -0.151. The van der Waals surface area contributed by atoms with E-state index in [-0.39, 0.29) is 17.9 Å². The molecule has 0 bridgehead atoms. The Labute approximate surface area is 91.5 Å². The number of amides is 1. The molecule has 0 aromatic rings. The molecule has 1 amide bonds. The molecule has 3 nitrogen and oxygen atoms in total. The fraction of sp³-hybridized carbons (Fsp3) is 0.917. The van der Waals surface area contributed by atoms with Gasteiger partial charge in [-0.05, 0) is 24.2 Å². The van der Waals surface area contributed by atoms with Crippen LogP contribution in [0.5, 0.6) is 0 Å². The molecule has 1 heterocycles. The first-order valence-corrected chi connectivity index (χ1v) is 5.85. The van der Waals surface area contributed by atoms with Crippen molar-refractivity contribution in [1.29, 1.82) is 0 Å². The molecule has 2 fully saturated rings. The van der Waals surface area contributed by atoms with Gasteiger partial charge in [-0.1, -0.05) is 20.8 Å². The first kappa shape index (κ1) is 10.9. The van der Waals surface area contributed by atoms with Gasteiger partial charge in [0.1, 0.15) is 0 Å². The van der Waals surface area contributed by atoms with Crippen LogP contribution in [0.15, 0.2) is 0 Å². The van der Waals surface area contributed by atoms with E-state index in [1.807, 2.05) is 4.90 Å². The maximum atomic E-state index is 11.8. The Kier molecular flexibility index (Phi) is 2.53. The van der Waals surface area contributed by atoms with Crippen molar-refractivity contribution in [2.75, 3.05) is 13.1 Å². The minimum atomic E-state index is -0.223. The SMILES string of the molecule is CC(C)(C)C1CN(C(=O)C2CC(O)C2)C1. The summed E-state index contributed by atoms with van der Waals surface area (Å²) in [5.41, 5.74) is 0.315. The Balaban J connectivity index is 1.77. The molecule has 0 radical (unpaired) electrons. The average Bonchev–Trinajstić information content (AvgIpc) is 1.92. The second kappa shape index (κ2) is 3.48. The van der Waals surface area contributed by atoms with Crippen molar-refractivity contribution < 1.29 is 9.90 Å². The molecular weight excluding hydrogens is 190 g/mol. The van der Waals surface area contributed by atoms with Gasteiger partial charge in [0.15, 0.2) is 0 Å². The summed E-state index contributed by atoms with van der Waals surface area (Å²) in [5.74, 6) is 1.02. The van der Waals surface area contributed by atoms with Gasteiger partial charge in [0.2, 0.25) is 5.91 Å². The molecule has 3 heteroatoms. The molecule has 15 heavy (non-hydrogen) atoms. The molecular formula is C12H21NO2. The number of nitrogens with zero attached hydrogens (tertiary/aromatic N) is 1. The second-order valence-corrected chi connectivity index (χ2v) is 6.13. The molecule has 2 rings (SSSR count). The third kappa shape index (κ3) is 2.03. The molecule has 0 atom stereocenters. The van der Waals surface area contributed by atoms with E-state index in [9.17, 15) is 4.79 Å². The summed E-state index contributed by atoms with van der Waals surface area (Å²) in [6.45, 7) is 8.51. The third-order valence-corrected chi connectivity index (χ3v) is 3.88. The number of aliphatic hydroxyl groups is 1. The maximum absolute atomic E-state index is 11.8. The number of likely N-dealkylation sites (tertiary alicyclic amines) is 1. The number of carbonyl (C=O) groups is 1. The second-order valence-electron chi connectivity index (χ2n) is 6.13. The normalized spacial score (nSPS) is 32.1. The first-order valence-electron chi connectivity index (χ1n) is 5.85. The molecule has 0 aromatic heterocycles. The van der Waals surface area contributed by atoms with Crippen molar-refractivity contribution in [3.63, 3.8) is 0 Å². The van der Waals surface area contributed by atoms with Gasteiger partial charge in [-0.25, -0.2) is 0 Å². The summed E-state index contributed by atoms with van der Waals surface area (Å²) in [6.07, 6.45) is 1.13. The van der Waals surface area contributed by atoms with Gasteiger partial charge in [0.25, 0.3) is 0 Å². The van der Waals surface area contributed by atoms with E-state index in [0.717, 1.165) is 13.1 Å². The van der Waals surface area contributed by atoms with Crippen molar-refractivity contribution in [3.8, 4) is 0 Å². The van der Waals surface area contributed by atoms with Crippen LogP contribution < -0.4 is 0 Å². The average molecular weight is 211 g/mol. The summed E-state index contributed by atoms with van der Waals surface area (Å²) in [4.78, 5) is 13.8. The lowest BCUT2D eigenvalue weighted by Gasteiger charge is -2.48. The zero-order valence-electron chi connectivity index (χ0n) is 9.86. The van der Waals surface area contributed by atoms with Gasteiger partial charge in [-0.15, -0.1) is 0 Å². The van der Waals surface area contributed by atoms with E-state index in [1.165, 1.54) is 0 Å². The fourth-order valence-corrected chi connectivity index (χ4v) is 2.25. The van der Waals surface area contributed by atoms with Gasteiger partial charge in [-0.2, -0.15) is 0 Å². The van der Waals surface area contributed by atoms with Gasteiger partial charge in [0.05, 0.1) is 6.10 Å². The maximum Gasteiger partial charge on any atom is 0.225 e. The van der Waals surface area contributed by atoms with E-state index in [2.05, 4.69) is 20.8 Å². The van der Waals surface area contributed by atoms with Crippen LogP contribution in [0, 0.1) is 17.3 Å². The number of hydrogen-bond acceptors (Lipinski definition) is 2. The van der Waals surface area contributed by atoms with Crippen LogP contribution in [0.1, 0.15) is 33.6 Å². The zero-order valence-corrected chi connectivity index (χ0v) is 9.86. The van der Waals surface area contributed by atoms with Crippen LogP contribution in [0.2, 0.25) is 0 Å². The molecule has 0 aromatic carbocycles. The summed E-state index contributed by atoms with van der Waals surface area (Å²) in [5, 5.41) is 9.15. The summed E-state index contributed by atoms with van der Waals surface area (Å²) in [7, 11) is 0. The van der Waals surface area contributed by atoms with Crippen LogP contribution in [-0.4, -0.2) is 35.1 Å². The van der Waals surface area contributed by atoms with Crippen LogP contribution in [-0.2, 0) is 4.79 Å². The van der Waals surface area contributed by atoms with Crippen molar-refractivity contribution >= 4 is 5.91 Å². The van der Waals surface area contributed by atoms with E-state index in [4.69, 9.17) is 5.11 Å². The Morgan fingerprint density at radius 3 is 2.20 bits per heavy atom. The Hall–Kier alpha value is -0.570. The summed E-state index contributed by atoms with van der Waals surface area (Å²) >= 11 is 0. The molecule has 1 saturated carbocycles. The smallest absolute Gasteiger partial charge is 0.225 e. The van der Waals surface area contributed by atoms with Crippen LogP contribution in [0.4, 0.5) is 0 Å². The predicted octanol–water partition coefficient (Wildman–Crippen LogP) is 1.26. The molecule has 86 valence electrons. The Morgan fingerprint density at radius 2 is 1.80 bits per heavy atom. The zero-order chi connectivity index (χ0) is 11.2. The monoisotopic (exact) mass is 211 g/mol. The van der Waals surface area contributed by atoms with Crippen LogP contribution in [0.25, 0.3) is 0 Å². The van der Waals surface area contributed by atoms with Crippen molar-refractivity contribution in [2.45, 2.75) is 39.7 Å². The third-order valence-electron chi connectivity index (χ3n) is 3.88. The first-order chi connectivity index (χ1) is 6.88. The number of rotatable bonds is 1. The molecule has 1 aliphatic carbocycles. The highest BCUT2D eigenvalue weighted by atomic mass is 16.3. The van der Waals surface area contributed by atoms with E-state index < -0.39 is 0 Å². The highest BCUT2D eigenvalue weighted by molar-refractivity contribution is 5.80. The predicted molar refractivity (Wildman–Crippen MR) is 58.3 cm³/mol. The van der Waals surface area contributed by atoms with E-state index in [0.29, 0.717) is 24.2 Å². The highest BCUT2D eigenvalue weighted by Crippen LogP contribution is 2.37. The van der Waals surface area contributed by atoms with E-state index >= 15 is 0 Å². The molecule has 1 aliphatic heterocycles. The Morgan fingerprint density at radius 1 is 1.27 bits per heavy atom. The van der Waals surface area contributed by atoms with Gasteiger partial charge in [0, 0.05) is 19.0 Å². The van der Waals surface area contributed by atoms with Gasteiger partial charge < -0.3 is 10.0 Å². The fourth-order valence-electron chi connectivity index (χ4n) is 2.25. The highest BCUT2D eigenvalue weighted by Gasteiger charge is 2.43. The molecule has 0 spiro atoms. The van der Waals surface area contributed by atoms with Crippen molar-refractivity contribution in [1.82, 2.24) is 4.90 Å². The molecule has 1 N–H and O–H groups in total. The Bertz CT molecular complexity index is 257. The topological polar surface area (TPSA) is 40.5 Å². The largest absolute Gasteiger partial charge is 0.393 e. The lowest BCUT2D eigenvalue weighted by Crippen LogP contribution is -2.57. The number of carbonyl (C=O) groups excluding carboxylic acids is 1. The van der Waals surface area contributed by atoms with Crippen LogP contribution >= 0.6 is 0 Å². The van der Waals surface area contributed by atoms with E-state index in [1.54, 1.807) is 0 Å². The van der Waals surface area contributed by atoms with Crippen molar-refractivity contribution in [3.05, 3.63) is 0 Å². The summed E-state index contributed by atoms with van der Waals surface area (Å²) < 4.78 is 0. The standard InChI is InChI=1S/C12H21NO2/c1-12(2,3)9-6-13(7-9)11(15)8-4-10(14)5-8/h8-10,14H,4-7H2,1-3H3. The minimum Gasteiger partial charge on any atom is -0.393 e. The number of hydrogen-bond donors (Lipinski definition) is 1. The van der Waals surface area contributed by atoms with Gasteiger partial charge >= 0.3 is 0 Å². The summed E-state index contributed by atoms with van der Waals surface area (Å²) in [6, 6.07) is 0. The molecule has 0 unspecified atom stereocenters. The van der Waals surface area contributed by atoms with Crippen molar-refractivity contribution in [2.24, 2.45) is 17.3 Å². The van der Waals surface area contributed by atoms with Gasteiger partial charge in [-0.3, -0.25) is 4.79 Å². The quantitative estimate of drug-likeness (QED) is 0.709.